The third-order valence-electron chi connectivity index (χ3n) is 5.30. The van der Waals surface area contributed by atoms with Crippen LogP contribution in [0.2, 0.25) is 0 Å². The van der Waals surface area contributed by atoms with Crippen LogP contribution in [-0.4, -0.2) is 66.7 Å². The number of hydrogen-bond donors (Lipinski definition) is 2. The summed E-state index contributed by atoms with van der Waals surface area (Å²) in [7, 11) is 2.16. The van der Waals surface area contributed by atoms with Gasteiger partial charge in [0.15, 0.2) is 0 Å². The number of nitrogens with zero attached hydrogens (tertiary/aromatic N) is 2. The molecule has 1 aliphatic heterocycles. The minimum absolute atomic E-state index is 0.0101. The second-order valence-electron chi connectivity index (χ2n) is 7.14. The lowest BCUT2D eigenvalue weighted by Crippen LogP contribution is -2.50. The average Bonchev–Trinajstić information content (AvgIpc) is 3.37. The number of rotatable bonds is 6. The van der Waals surface area contributed by atoms with Gasteiger partial charge in [0.1, 0.15) is 0 Å². The zero-order valence-electron chi connectivity index (χ0n) is 13.5. The van der Waals surface area contributed by atoms with Gasteiger partial charge in [-0.1, -0.05) is 0 Å². The van der Waals surface area contributed by atoms with Crippen LogP contribution in [0, 0.1) is 0 Å². The molecule has 3 aliphatic rings. The van der Waals surface area contributed by atoms with E-state index in [0.717, 1.165) is 44.6 Å². The Morgan fingerprint density at radius 1 is 1.19 bits per heavy atom. The lowest BCUT2D eigenvalue weighted by molar-refractivity contribution is 0.184. The third kappa shape index (κ3) is 4.33. The first-order valence-electron chi connectivity index (χ1n) is 8.64. The molecule has 5 nitrogen and oxygen atoms in total. The molecule has 0 aromatic rings. The Labute approximate surface area is 128 Å². The number of piperidine rings is 1. The molecule has 0 aromatic carbocycles. The minimum atomic E-state index is 0.0101. The Balaban J connectivity index is 1.30. The van der Waals surface area contributed by atoms with E-state index in [-0.39, 0.29) is 6.03 Å². The molecule has 2 saturated carbocycles. The number of carbonyl (C=O) groups excluding carboxylic acids is 1. The third-order valence-corrected chi connectivity index (χ3v) is 5.30. The Bertz CT molecular complexity index is 359. The summed E-state index contributed by atoms with van der Waals surface area (Å²) in [4.78, 5) is 17.0. The molecule has 3 fully saturated rings. The fourth-order valence-electron chi connectivity index (χ4n) is 3.31. The van der Waals surface area contributed by atoms with Gasteiger partial charge in [0.25, 0.3) is 0 Å². The summed E-state index contributed by atoms with van der Waals surface area (Å²) in [5.41, 5.74) is 0. The largest absolute Gasteiger partial charge is 0.337 e. The first kappa shape index (κ1) is 15.1. The Kier molecular flexibility index (Phi) is 4.69. The van der Waals surface area contributed by atoms with Crippen molar-refractivity contribution in [3.05, 3.63) is 0 Å². The van der Waals surface area contributed by atoms with E-state index in [0.29, 0.717) is 12.1 Å². The van der Waals surface area contributed by atoms with Crippen LogP contribution in [0.3, 0.4) is 0 Å². The topological polar surface area (TPSA) is 47.6 Å². The van der Waals surface area contributed by atoms with Gasteiger partial charge in [0.2, 0.25) is 0 Å². The van der Waals surface area contributed by atoms with Crippen LogP contribution in [0.25, 0.3) is 0 Å². The summed E-state index contributed by atoms with van der Waals surface area (Å²) in [5, 5.41) is 6.18. The summed E-state index contributed by atoms with van der Waals surface area (Å²) in [6, 6.07) is 2.39. The van der Waals surface area contributed by atoms with Gasteiger partial charge < -0.3 is 15.5 Å². The molecule has 1 saturated heterocycles. The van der Waals surface area contributed by atoms with Crippen molar-refractivity contribution in [2.24, 2.45) is 0 Å². The van der Waals surface area contributed by atoms with Gasteiger partial charge in [-0.25, -0.2) is 4.79 Å². The van der Waals surface area contributed by atoms with Gasteiger partial charge >= 0.3 is 6.03 Å². The molecular weight excluding hydrogens is 264 g/mol. The molecule has 21 heavy (non-hydrogen) atoms. The first-order valence-corrected chi connectivity index (χ1v) is 8.64. The van der Waals surface area contributed by atoms with Crippen molar-refractivity contribution in [2.75, 3.05) is 26.7 Å². The summed E-state index contributed by atoms with van der Waals surface area (Å²) in [5.74, 6) is 0. The van der Waals surface area contributed by atoms with Crippen LogP contribution < -0.4 is 10.6 Å². The van der Waals surface area contributed by atoms with Gasteiger partial charge in [0.05, 0.1) is 0 Å². The lowest BCUT2D eigenvalue weighted by Gasteiger charge is -2.32. The van der Waals surface area contributed by atoms with Gasteiger partial charge in [-0.2, -0.15) is 0 Å². The van der Waals surface area contributed by atoms with E-state index in [1.807, 2.05) is 0 Å². The Morgan fingerprint density at radius 2 is 1.86 bits per heavy atom. The first-order chi connectivity index (χ1) is 10.1. The Morgan fingerprint density at radius 3 is 2.43 bits per heavy atom. The maximum absolute atomic E-state index is 12.0. The molecule has 1 heterocycles. The molecule has 2 aliphatic carbocycles. The van der Waals surface area contributed by atoms with E-state index in [2.05, 4.69) is 34.4 Å². The Hall–Kier alpha value is -0.810. The SMILES string of the molecule is CC(CNC(=O)NC1CCN(C2CC2)CC1)N(C)C1CC1. The van der Waals surface area contributed by atoms with E-state index >= 15 is 0 Å². The van der Waals surface area contributed by atoms with Gasteiger partial charge in [-0.3, -0.25) is 4.90 Å². The van der Waals surface area contributed by atoms with Crippen molar-refractivity contribution in [2.45, 2.75) is 69.6 Å². The molecule has 1 atom stereocenters. The highest BCUT2D eigenvalue weighted by Crippen LogP contribution is 2.29. The molecule has 0 aromatic heterocycles. The molecule has 2 amide bonds. The molecule has 0 spiro atoms. The predicted molar refractivity (Wildman–Crippen MR) is 84.4 cm³/mol. The van der Waals surface area contributed by atoms with E-state index in [4.69, 9.17) is 0 Å². The molecule has 2 N–H and O–H groups in total. The van der Waals surface area contributed by atoms with Crippen LogP contribution >= 0.6 is 0 Å². The van der Waals surface area contributed by atoms with E-state index in [1.54, 1.807) is 0 Å². The second kappa shape index (κ2) is 6.53. The fourth-order valence-corrected chi connectivity index (χ4v) is 3.31. The highest BCUT2D eigenvalue weighted by Gasteiger charge is 2.32. The van der Waals surface area contributed by atoms with Gasteiger partial charge in [-0.05, 0) is 52.5 Å². The molecular formula is C16H30N4O. The van der Waals surface area contributed by atoms with Crippen molar-refractivity contribution in [3.63, 3.8) is 0 Å². The van der Waals surface area contributed by atoms with Crippen molar-refractivity contribution in [1.82, 2.24) is 20.4 Å². The van der Waals surface area contributed by atoms with Gasteiger partial charge in [0, 0.05) is 43.8 Å². The maximum atomic E-state index is 12.0. The van der Waals surface area contributed by atoms with Crippen molar-refractivity contribution in [1.29, 1.82) is 0 Å². The number of hydrogen-bond acceptors (Lipinski definition) is 3. The normalized spacial score (nSPS) is 25.9. The molecule has 1 unspecified atom stereocenters. The monoisotopic (exact) mass is 294 g/mol. The van der Waals surface area contributed by atoms with Crippen LogP contribution in [-0.2, 0) is 0 Å². The highest BCUT2D eigenvalue weighted by molar-refractivity contribution is 5.74. The summed E-state index contributed by atoms with van der Waals surface area (Å²) >= 11 is 0. The molecule has 120 valence electrons. The van der Waals surface area contributed by atoms with Crippen LogP contribution in [0.4, 0.5) is 4.79 Å². The molecule has 0 radical (unpaired) electrons. The minimum Gasteiger partial charge on any atom is -0.337 e. The summed E-state index contributed by atoms with van der Waals surface area (Å²) in [6.07, 6.45) is 7.58. The summed E-state index contributed by atoms with van der Waals surface area (Å²) < 4.78 is 0. The number of likely N-dealkylation sites (N-methyl/N-ethyl adjacent to an activating group) is 1. The van der Waals surface area contributed by atoms with Crippen LogP contribution in [0.15, 0.2) is 0 Å². The predicted octanol–water partition coefficient (Wildman–Crippen LogP) is 1.40. The van der Waals surface area contributed by atoms with Gasteiger partial charge in [-0.15, -0.1) is 0 Å². The van der Waals surface area contributed by atoms with Crippen LogP contribution in [0.5, 0.6) is 0 Å². The molecule has 0 bridgehead atoms. The standard InChI is InChI=1S/C16H30N4O/c1-12(19(2)14-3-4-14)11-17-16(21)18-13-7-9-20(10-8-13)15-5-6-15/h12-15H,3-11H2,1-2H3,(H2,17,18,21). The maximum Gasteiger partial charge on any atom is 0.315 e. The van der Waals surface area contributed by atoms with Crippen molar-refractivity contribution in [3.8, 4) is 0 Å². The average molecular weight is 294 g/mol. The van der Waals surface area contributed by atoms with Crippen molar-refractivity contribution < 1.29 is 4.79 Å². The lowest BCUT2D eigenvalue weighted by atomic mass is 10.1. The quantitative estimate of drug-likeness (QED) is 0.778. The van der Waals surface area contributed by atoms with E-state index < -0.39 is 0 Å². The van der Waals surface area contributed by atoms with Crippen molar-refractivity contribution >= 4 is 6.03 Å². The fraction of sp³-hybridized carbons (Fsp3) is 0.938. The number of urea groups is 1. The second-order valence-corrected chi connectivity index (χ2v) is 7.14. The number of nitrogens with one attached hydrogen (secondary N) is 2. The zero-order chi connectivity index (χ0) is 14.8. The molecule has 3 rings (SSSR count). The summed E-state index contributed by atoms with van der Waals surface area (Å²) in [6.45, 7) is 5.22. The number of amides is 2. The zero-order valence-corrected chi connectivity index (χ0v) is 13.5. The number of carbonyl (C=O) groups is 1. The van der Waals surface area contributed by atoms with E-state index in [1.165, 1.54) is 25.7 Å². The smallest absolute Gasteiger partial charge is 0.315 e. The molecule has 5 heteroatoms. The highest BCUT2D eigenvalue weighted by atomic mass is 16.2. The van der Waals surface area contributed by atoms with E-state index in [9.17, 15) is 4.79 Å². The van der Waals surface area contributed by atoms with Crippen LogP contribution in [0.1, 0.15) is 45.4 Å². The number of likely N-dealkylation sites (tertiary alicyclic amines) is 1.